The van der Waals surface area contributed by atoms with Crippen molar-refractivity contribution in [2.24, 2.45) is 4.99 Å². The molecule has 1 aromatic heterocycles. The van der Waals surface area contributed by atoms with Gasteiger partial charge in [-0.3, -0.25) is 9.79 Å². The standard InChI is InChI=1S/C17H22FN5OS.HI/c1-12-10-22-16(25-12)11-23-17(19-2)21-8-7-20-15(24)9-13-3-5-14(18)6-4-13;/h3-6,10H,7-9,11H2,1-2H3,(H,20,24)(H2,19,21,23);1H. The molecule has 0 radical (unpaired) electrons. The minimum atomic E-state index is -0.305. The van der Waals surface area contributed by atoms with Gasteiger partial charge in [0.15, 0.2) is 5.96 Å². The third-order valence-electron chi connectivity index (χ3n) is 3.32. The molecule has 6 nitrogen and oxygen atoms in total. The first-order chi connectivity index (χ1) is 12.1. The molecular weight excluding hydrogens is 468 g/mol. The normalized spacial score (nSPS) is 10.8. The van der Waals surface area contributed by atoms with Gasteiger partial charge in [0, 0.05) is 31.2 Å². The minimum Gasteiger partial charge on any atom is -0.355 e. The molecule has 2 rings (SSSR count). The van der Waals surface area contributed by atoms with E-state index in [9.17, 15) is 9.18 Å². The number of rotatable bonds is 7. The lowest BCUT2D eigenvalue weighted by Crippen LogP contribution is -2.41. The maximum absolute atomic E-state index is 12.8. The number of thiazole rings is 1. The van der Waals surface area contributed by atoms with Crippen LogP contribution in [-0.4, -0.2) is 37.0 Å². The van der Waals surface area contributed by atoms with E-state index < -0.39 is 0 Å². The quantitative estimate of drug-likeness (QED) is 0.240. The van der Waals surface area contributed by atoms with Crippen LogP contribution in [0, 0.1) is 12.7 Å². The summed E-state index contributed by atoms with van der Waals surface area (Å²) in [6.07, 6.45) is 2.07. The SMILES string of the molecule is CN=C(NCCNC(=O)Cc1ccc(F)cc1)NCc1ncc(C)s1.I. The zero-order chi connectivity index (χ0) is 18.1. The summed E-state index contributed by atoms with van der Waals surface area (Å²) in [5, 5.41) is 10.1. The summed E-state index contributed by atoms with van der Waals surface area (Å²) in [4.78, 5) is 21.4. The molecule has 3 N–H and O–H groups in total. The minimum absolute atomic E-state index is 0. The Bertz CT molecular complexity index is 720. The van der Waals surface area contributed by atoms with Crippen LogP contribution >= 0.6 is 35.3 Å². The van der Waals surface area contributed by atoms with E-state index in [4.69, 9.17) is 0 Å². The predicted octanol–water partition coefficient (Wildman–Crippen LogP) is 2.23. The number of benzene rings is 1. The van der Waals surface area contributed by atoms with Gasteiger partial charge in [-0.15, -0.1) is 35.3 Å². The van der Waals surface area contributed by atoms with Crippen LogP contribution in [0.4, 0.5) is 4.39 Å². The Morgan fingerprint density at radius 3 is 2.50 bits per heavy atom. The summed E-state index contributed by atoms with van der Waals surface area (Å²) in [6.45, 7) is 3.64. The van der Waals surface area contributed by atoms with Crippen LogP contribution in [0.2, 0.25) is 0 Å². The van der Waals surface area contributed by atoms with Crippen LogP contribution in [0.1, 0.15) is 15.4 Å². The van der Waals surface area contributed by atoms with E-state index in [2.05, 4.69) is 25.9 Å². The summed E-state index contributed by atoms with van der Waals surface area (Å²) in [6, 6.07) is 5.92. The van der Waals surface area contributed by atoms with Gasteiger partial charge in [-0.05, 0) is 24.6 Å². The number of aliphatic imine (C=N–C) groups is 1. The van der Waals surface area contributed by atoms with Crippen LogP contribution in [0.15, 0.2) is 35.5 Å². The van der Waals surface area contributed by atoms with Crippen molar-refractivity contribution in [3.8, 4) is 0 Å². The van der Waals surface area contributed by atoms with Gasteiger partial charge < -0.3 is 16.0 Å². The Labute approximate surface area is 173 Å². The highest BCUT2D eigenvalue weighted by Gasteiger charge is 2.04. The number of hydrogen-bond donors (Lipinski definition) is 3. The van der Waals surface area contributed by atoms with Crippen molar-refractivity contribution in [3.05, 3.63) is 51.7 Å². The van der Waals surface area contributed by atoms with Gasteiger partial charge in [0.25, 0.3) is 0 Å². The second-order valence-electron chi connectivity index (χ2n) is 5.37. The van der Waals surface area contributed by atoms with E-state index in [1.807, 2.05) is 13.1 Å². The Balaban J connectivity index is 0.00000338. The van der Waals surface area contributed by atoms with E-state index in [1.165, 1.54) is 17.0 Å². The Hall–Kier alpha value is -1.75. The molecule has 0 fully saturated rings. The number of amides is 1. The molecule has 0 aliphatic carbocycles. The van der Waals surface area contributed by atoms with Crippen LogP contribution < -0.4 is 16.0 Å². The molecule has 26 heavy (non-hydrogen) atoms. The van der Waals surface area contributed by atoms with Gasteiger partial charge >= 0.3 is 0 Å². The lowest BCUT2D eigenvalue weighted by Gasteiger charge is -2.11. The monoisotopic (exact) mass is 491 g/mol. The van der Waals surface area contributed by atoms with E-state index >= 15 is 0 Å². The van der Waals surface area contributed by atoms with E-state index in [-0.39, 0.29) is 42.1 Å². The highest BCUT2D eigenvalue weighted by Crippen LogP contribution is 2.10. The first-order valence-electron chi connectivity index (χ1n) is 7.94. The number of nitrogens with zero attached hydrogens (tertiary/aromatic N) is 2. The van der Waals surface area contributed by atoms with Crippen molar-refractivity contribution < 1.29 is 9.18 Å². The van der Waals surface area contributed by atoms with Crippen LogP contribution in [0.3, 0.4) is 0 Å². The molecule has 2 aromatic rings. The third kappa shape index (κ3) is 8.09. The third-order valence-corrected chi connectivity index (χ3v) is 4.23. The molecule has 1 heterocycles. The first-order valence-corrected chi connectivity index (χ1v) is 8.75. The lowest BCUT2D eigenvalue weighted by atomic mass is 10.1. The highest BCUT2D eigenvalue weighted by atomic mass is 127. The van der Waals surface area contributed by atoms with Gasteiger partial charge in [0.05, 0.1) is 13.0 Å². The highest BCUT2D eigenvalue weighted by molar-refractivity contribution is 14.0. The van der Waals surface area contributed by atoms with Gasteiger partial charge in [-0.25, -0.2) is 9.37 Å². The molecule has 0 atom stereocenters. The fourth-order valence-corrected chi connectivity index (χ4v) is 2.82. The smallest absolute Gasteiger partial charge is 0.224 e. The number of nitrogens with one attached hydrogen (secondary N) is 3. The molecule has 0 aliphatic rings. The van der Waals surface area contributed by atoms with Gasteiger partial charge in [-0.1, -0.05) is 12.1 Å². The number of guanidine groups is 1. The van der Waals surface area contributed by atoms with Crippen LogP contribution in [-0.2, 0) is 17.8 Å². The molecule has 0 unspecified atom stereocenters. The summed E-state index contributed by atoms with van der Waals surface area (Å²) in [5.74, 6) is 0.246. The second-order valence-corrected chi connectivity index (χ2v) is 6.69. The van der Waals surface area contributed by atoms with Crippen LogP contribution in [0.5, 0.6) is 0 Å². The number of halogens is 2. The number of carbonyl (C=O) groups excluding carboxylic acids is 1. The second kappa shape index (κ2) is 11.8. The van der Waals surface area contributed by atoms with Crippen molar-refractivity contribution in [3.63, 3.8) is 0 Å². The molecule has 1 amide bonds. The van der Waals surface area contributed by atoms with Crippen molar-refractivity contribution in [1.29, 1.82) is 0 Å². The molecule has 0 saturated carbocycles. The molecule has 142 valence electrons. The van der Waals surface area contributed by atoms with Crippen molar-refractivity contribution >= 4 is 47.2 Å². The first kappa shape index (κ1) is 22.3. The van der Waals surface area contributed by atoms with Gasteiger partial charge in [0.2, 0.25) is 5.91 Å². The molecule has 0 spiro atoms. The molecular formula is C17H23FIN5OS. The fourth-order valence-electron chi connectivity index (χ4n) is 2.10. The largest absolute Gasteiger partial charge is 0.355 e. The summed E-state index contributed by atoms with van der Waals surface area (Å²) in [7, 11) is 1.69. The zero-order valence-corrected chi connectivity index (χ0v) is 17.9. The van der Waals surface area contributed by atoms with Gasteiger partial charge in [-0.2, -0.15) is 0 Å². The molecule has 1 aromatic carbocycles. The lowest BCUT2D eigenvalue weighted by molar-refractivity contribution is -0.120. The predicted molar refractivity (Wildman–Crippen MR) is 114 cm³/mol. The van der Waals surface area contributed by atoms with E-state index in [0.717, 1.165) is 10.6 Å². The summed E-state index contributed by atoms with van der Waals surface area (Å²) >= 11 is 1.64. The van der Waals surface area contributed by atoms with Crippen molar-refractivity contribution in [2.45, 2.75) is 19.9 Å². The van der Waals surface area contributed by atoms with Crippen LogP contribution in [0.25, 0.3) is 0 Å². The fraction of sp³-hybridized carbons (Fsp3) is 0.353. The molecule has 9 heteroatoms. The number of hydrogen-bond acceptors (Lipinski definition) is 4. The van der Waals surface area contributed by atoms with Crippen molar-refractivity contribution in [2.75, 3.05) is 20.1 Å². The van der Waals surface area contributed by atoms with E-state index in [1.54, 1.807) is 30.5 Å². The Kier molecular flexibility index (Phi) is 10.1. The number of aryl methyl sites for hydroxylation is 1. The molecule has 0 bridgehead atoms. The van der Waals surface area contributed by atoms with Gasteiger partial charge in [0.1, 0.15) is 10.8 Å². The number of aromatic nitrogens is 1. The average molecular weight is 491 g/mol. The zero-order valence-electron chi connectivity index (χ0n) is 14.7. The topological polar surface area (TPSA) is 78.4 Å². The summed E-state index contributed by atoms with van der Waals surface area (Å²) < 4.78 is 12.8. The Morgan fingerprint density at radius 1 is 1.19 bits per heavy atom. The molecule has 0 saturated heterocycles. The molecule has 0 aliphatic heterocycles. The van der Waals surface area contributed by atoms with Crippen molar-refractivity contribution in [1.82, 2.24) is 20.9 Å². The van der Waals surface area contributed by atoms with E-state index in [0.29, 0.717) is 25.6 Å². The maximum Gasteiger partial charge on any atom is 0.224 e. The maximum atomic E-state index is 12.8. The number of carbonyl (C=O) groups is 1. The summed E-state index contributed by atoms with van der Waals surface area (Å²) in [5.41, 5.74) is 0.781. The average Bonchev–Trinajstić information content (AvgIpc) is 3.02. The Morgan fingerprint density at radius 2 is 1.88 bits per heavy atom.